The largest absolute Gasteiger partial charge is 0.393 e. The molecule has 20 heavy (non-hydrogen) atoms. The normalized spacial score (nSPS) is 26.6. The fraction of sp³-hybridized carbons (Fsp3) is 0.857. The molecule has 1 aliphatic carbocycles. The Morgan fingerprint density at radius 3 is 2.20 bits per heavy atom. The fourth-order valence-electron chi connectivity index (χ4n) is 2.96. The van der Waals surface area contributed by atoms with Crippen LogP contribution in [-0.2, 0) is 9.59 Å². The van der Waals surface area contributed by atoms with Crippen molar-refractivity contribution in [2.45, 2.75) is 25.9 Å². The molecule has 0 unspecified atom stereocenters. The molecule has 114 valence electrons. The van der Waals surface area contributed by atoms with Gasteiger partial charge in [-0.2, -0.15) is 0 Å². The topological polar surface area (TPSA) is 64.1 Å². The summed E-state index contributed by atoms with van der Waals surface area (Å²) in [5.41, 5.74) is 0. The maximum atomic E-state index is 12.2. The zero-order chi connectivity index (χ0) is 14.7. The number of piperazine rings is 1. The Labute approximate surface area is 120 Å². The van der Waals surface area contributed by atoms with Gasteiger partial charge in [-0.05, 0) is 25.8 Å². The molecule has 2 rings (SSSR count). The number of hydrogen-bond donors (Lipinski definition) is 1. The Morgan fingerprint density at radius 1 is 1.15 bits per heavy atom. The third-order valence-corrected chi connectivity index (χ3v) is 4.26. The van der Waals surface area contributed by atoms with Gasteiger partial charge in [-0.25, -0.2) is 0 Å². The monoisotopic (exact) mass is 283 g/mol. The zero-order valence-corrected chi connectivity index (χ0v) is 12.4. The first-order valence-corrected chi connectivity index (χ1v) is 7.35. The third-order valence-electron chi connectivity index (χ3n) is 4.26. The van der Waals surface area contributed by atoms with E-state index in [0.717, 1.165) is 19.4 Å². The quantitative estimate of drug-likeness (QED) is 0.747. The highest BCUT2D eigenvalue weighted by Gasteiger charge is 2.29. The van der Waals surface area contributed by atoms with Crippen molar-refractivity contribution in [1.82, 2.24) is 14.7 Å². The van der Waals surface area contributed by atoms with Crippen molar-refractivity contribution in [1.29, 1.82) is 0 Å². The molecule has 1 N–H and O–H groups in total. The van der Waals surface area contributed by atoms with Gasteiger partial charge in [0.2, 0.25) is 11.8 Å². The molecule has 0 radical (unpaired) electrons. The summed E-state index contributed by atoms with van der Waals surface area (Å²) in [6.45, 7) is 5.41. The average Bonchev–Trinajstić information content (AvgIpc) is 2.37. The summed E-state index contributed by atoms with van der Waals surface area (Å²) in [6.07, 6.45) is 1.58. The second-order valence-corrected chi connectivity index (χ2v) is 6.07. The van der Waals surface area contributed by atoms with Crippen LogP contribution in [0.15, 0.2) is 0 Å². The van der Waals surface area contributed by atoms with Crippen molar-refractivity contribution >= 4 is 11.8 Å². The molecule has 1 heterocycles. The third kappa shape index (κ3) is 3.93. The standard InChI is InChI=1S/C14H25N3O3/c1-11(18)16-3-5-17(6-4-16)14(20)10-15(2)9-12-7-13(19)8-12/h12-13,19H,3-10H2,1-2H3. The summed E-state index contributed by atoms with van der Waals surface area (Å²) in [7, 11) is 1.95. The number of rotatable bonds is 4. The highest BCUT2D eigenvalue weighted by molar-refractivity contribution is 5.79. The summed E-state index contributed by atoms with van der Waals surface area (Å²) < 4.78 is 0. The molecule has 6 nitrogen and oxygen atoms in total. The smallest absolute Gasteiger partial charge is 0.236 e. The minimum absolute atomic E-state index is 0.0813. The Morgan fingerprint density at radius 2 is 1.70 bits per heavy atom. The van der Waals surface area contributed by atoms with Crippen LogP contribution in [0.25, 0.3) is 0 Å². The highest BCUT2D eigenvalue weighted by atomic mass is 16.3. The van der Waals surface area contributed by atoms with Crippen LogP contribution in [0.2, 0.25) is 0 Å². The number of amides is 2. The molecule has 0 spiro atoms. The van der Waals surface area contributed by atoms with E-state index in [1.165, 1.54) is 0 Å². The van der Waals surface area contributed by atoms with E-state index in [-0.39, 0.29) is 17.9 Å². The van der Waals surface area contributed by atoms with Crippen molar-refractivity contribution in [2.75, 3.05) is 46.3 Å². The molecule has 0 aromatic carbocycles. The molecule has 1 saturated carbocycles. The summed E-state index contributed by atoms with van der Waals surface area (Å²) in [5.74, 6) is 0.741. The van der Waals surface area contributed by atoms with Gasteiger partial charge in [0, 0.05) is 39.6 Å². The number of carbonyl (C=O) groups excluding carboxylic acids is 2. The average molecular weight is 283 g/mol. The van der Waals surface area contributed by atoms with E-state index in [2.05, 4.69) is 0 Å². The van der Waals surface area contributed by atoms with E-state index in [4.69, 9.17) is 0 Å². The van der Waals surface area contributed by atoms with E-state index < -0.39 is 0 Å². The summed E-state index contributed by atoms with van der Waals surface area (Å²) in [4.78, 5) is 29.1. The van der Waals surface area contributed by atoms with Gasteiger partial charge in [0.05, 0.1) is 12.6 Å². The first-order chi connectivity index (χ1) is 9.45. The SMILES string of the molecule is CC(=O)N1CCN(C(=O)CN(C)CC2CC(O)C2)CC1. The zero-order valence-electron chi connectivity index (χ0n) is 12.4. The van der Waals surface area contributed by atoms with Crippen molar-refractivity contribution in [3.8, 4) is 0 Å². The van der Waals surface area contributed by atoms with Gasteiger partial charge < -0.3 is 14.9 Å². The summed E-state index contributed by atoms with van der Waals surface area (Å²) in [5, 5.41) is 9.26. The summed E-state index contributed by atoms with van der Waals surface area (Å²) in [6, 6.07) is 0. The van der Waals surface area contributed by atoms with Crippen molar-refractivity contribution in [2.24, 2.45) is 5.92 Å². The van der Waals surface area contributed by atoms with Crippen LogP contribution in [-0.4, -0.2) is 84.0 Å². The first-order valence-electron chi connectivity index (χ1n) is 7.35. The molecule has 1 aliphatic heterocycles. The Kier molecular flexibility index (Phi) is 4.99. The Balaban J connectivity index is 1.68. The number of likely N-dealkylation sites (N-methyl/N-ethyl adjacent to an activating group) is 1. The maximum absolute atomic E-state index is 12.2. The number of hydrogen-bond acceptors (Lipinski definition) is 4. The van der Waals surface area contributed by atoms with E-state index in [9.17, 15) is 14.7 Å². The maximum Gasteiger partial charge on any atom is 0.236 e. The van der Waals surface area contributed by atoms with Gasteiger partial charge in [-0.15, -0.1) is 0 Å². The van der Waals surface area contributed by atoms with Gasteiger partial charge in [0.25, 0.3) is 0 Å². The molecule has 2 aliphatic rings. The molecular formula is C14H25N3O3. The van der Waals surface area contributed by atoms with Crippen molar-refractivity contribution in [3.63, 3.8) is 0 Å². The van der Waals surface area contributed by atoms with Crippen LogP contribution in [0.1, 0.15) is 19.8 Å². The van der Waals surface area contributed by atoms with Gasteiger partial charge >= 0.3 is 0 Å². The fourth-order valence-corrected chi connectivity index (χ4v) is 2.96. The van der Waals surface area contributed by atoms with E-state index in [0.29, 0.717) is 38.6 Å². The molecule has 0 aromatic heterocycles. The van der Waals surface area contributed by atoms with Gasteiger partial charge in [-0.1, -0.05) is 0 Å². The minimum atomic E-state index is -0.135. The lowest BCUT2D eigenvalue weighted by atomic mass is 9.82. The number of carbonyl (C=O) groups is 2. The van der Waals surface area contributed by atoms with Gasteiger partial charge in [-0.3, -0.25) is 14.5 Å². The molecule has 2 fully saturated rings. The lowest BCUT2D eigenvalue weighted by Crippen LogP contribution is -2.52. The lowest BCUT2D eigenvalue weighted by Gasteiger charge is -2.37. The van der Waals surface area contributed by atoms with E-state index in [1.54, 1.807) is 11.8 Å². The van der Waals surface area contributed by atoms with E-state index >= 15 is 0 Å². The van der Waals surface area contributed by atoms with Crippen LogP contribution in [0.4, 0.5) is 0 Å². The van der Waals surface area contributed by atoms with Gasteiger partial charge in [0.1, 0.15) is 0 Å². The van der Waals surface area contributed by atoms with Crippen LogP contribution in [0.5, 0.6) is 0 Å². The first kappa shape index (κ1) is 15.3. The van der Waals surface area contributed by atoms with Crippen molar-refractivity contribution < 1.29 is 14.7 Å². The van der Waals surface area contributed by atoms with Crippen LogP contribution >= 0.6 is 0 Å². The predicted octanol–water partition coefficient (Wildman–Crippen LogP) is -0.620. The molecular weight excluding hydrogens is 258 g/mol. The van der Waals surface area contributed by atoms with E-state index in [1.807, 2.05) is 16.8 Å². The second kappa shape index (κ2) is 6.54. The number of aliphatic hydroxyl groups excluding tert-OH is 1. The van der Waals surface area contributed by atoms with Crippen LogP contribution in [0, 0.1) is 5.92 Å². The highest BCUT2D eigenvalue weighted by Crippen LogP contribution is 2.27. The Bertz CT molecular complexity index is 361. The predicted molar refractivity (Wildman–Crippen MR) is 75.1 cm³/mol. The molecule has 0 bridgehead atoms. The Hall–Kier alpha value is -1.14. The second-order valence-electron chi connectivity index (χ2n) is 6.07. The van der Waals surface area contributed by atoms with Crippen LogP contribution in [0.3, 0.4) is 0 Å². The molecule has 1 saturated heterocycles. The molecule has 0 atom stereocenters. The van der Waals surface area contributed by atoms with Crippen molar-refractivity contribution in [3.05, 3.63) is 0 Å². The molecule has 2 amide bonds. The number of nitrogens with zero attached hydrogens (tertiary/aromatic N) is 3. The molecule has 6 heteroatoms. The van der Waals surface area contributed by atoms with Gasteiger partial charge in [0.15, 0.2) is 0 Å². The summed E-state index contributed by atoms with van der Waals surface area (Å²) >= 11 is 0. The molecule has 0 aromatic rings. The lowest BCUT2D eigenvalue weighted by molar-refractivity contribution is -0.139. The number of aliphatic hydroxyl groups is 1. The minimum Gasteiger partial charge on any atom is -0.393 e. The van der Waals surface area contributed by atoms with Crippen LogP contribution < -0.4 is 0 Å².